The molecule has 0 aromatic heterocycles. The molecular formula is C13H16F3N. The van der Waals surface area contributed by atoms with Gasteiger partial charge in [0.15, 0.2) is 0 Å². The molecule has 2 atom stereocenters. The van der Waals surface area contributed by atoms with Crippen molar-refractivity contribution in [2.45, 2.75) is 32.0 Å². The van der Waals surface area contributed by atoms with Gasteiger partial charge in [-0.3, -0.25) is 0 Å². The molecule has 1 heterocycles. The number of rotatable bonds is 1. The van der Waals surface area contributed by atoms with Crippen molar-refractivity contribution in [1.82, 2.24) is 5.32 Å². The van der Waals surface area contributed by atoms with E-state index < -0.39 is 11.7 Å². The largest absolute Gasteiger partial charge is 0.416 e. The van der Waals surface area contributed by atoms with Gasteiger partial charge in [-0.25, -0.2) is 0 Å². The Morgan fingerprint density at radius 2 is 2.06 bits per heavy atom. The van der Waals surface area contributed by atoms with E-state index in [0.29, 0.717) is 5.92 Å². The maximum absolute atomic E-state index is 12.6. The quantitative estimate of drug-likeness (QED) is 0.791. The highest BCUT2D eigenvalue weighted by Crippen LogP contribution is 2.34. The van der Waals surface area contributed by atoms with Crippen LogP contribution < -0.4 is 5.32 Å². The minimum Gasteiger partial charge on any atom is -0.310 e. The van der Waals surface area contributed by atoms with Gasteiger partial charge in [0.1, 0.15) is 0 Å². The van der Waals surface area contributed by atoms with Gasteiger partial charge in [-0.15, -0.1) is 0 Å². The Balaban J connectivity index is 2.26. The van der Waals surface area contributed by atoms with Crippen molar-refractivity contribution < 1.29 is 13.2 Å². The number of hydrogen-bond acceptors (Lipinski definition) is 1. The summed E-state index contributed by atoms with van der Waals surface area (Å²) < 4.78 is 37.8. The second-order valence-electron chi connectivity index (χ2n) is 4.67. The van der Waals surface area contributed by atoms with Crippen LogP contribution in [0.1, 0.15) is 36.9 Å². The van der Waals surface area contributed by atoms with Gasteiger partial charge in [0, 0.05) is 6.04 Å². The highest BCUT2D eigenvalue weighted by atomic mass is 19.4. The molecule has 2 unspecified atom stereocenters. The van der Waals surface area contributed by atoms with E-state index in [4.69, 9.17) is 0 Å². The lowest BCUT2D eigenvalue weighted by Crippen LogP contribution is -2.32. The van der Waals surface area contributed by atoms with E-state index in [2.05, 4.69) is 12.2 Å². The van der Waals surface area contributed by atoms with Gasteiger partial charge < -0.3 is 5.32 Å². The predicted molar refractivity (Wildman–Crippen MR) is 60.6 cm³/mol. The molecule has 0 spiro atoms. The molecule has 1 fully saturated rings. The lowest BCUT2D eigenvalue weighted by atomic mass is 9.87. The molecule has 4 heteroatoms. The number of hydrogen-bond donors (Lipinski definition) is 1. The number of nitrogens with one attached hydrogen (secondary N) is 1. The molecule has 1 aliphatic heterocycles. The first kappa shape index (κ1) is 12.4. The molecular weight excluding hydrogens is 227 g/mol. The van der Waals surface area contributed by atoms with Gasteiger partial charge in [-0.1, -0.05) is 19.1 Å². The molecule has 0 aliphatic carbocycles. The summed E-state index contributed by atoms with van der Waals surface area (Å²) in [5.74, 6) is 0.382. The highest BCUT2D eigenvalue weighted by Gasteiger charge is 2.31. The third-order valence-corrected chi connectivity index (χ3v) is 3.34. The minimum absolute atomic E-state index is 0.0473. The van der Waals surface area contributed by atoms with E-state index in [0.717, 1.165) is 31.0 Å². The first-order valence-corrected chi connectivity index (χ1v) is 5.89. The number of alkyl halides is 3. The van der Waals surface area contributed by atoms with Crippen molar-refractivity contribution in [2.24, 2.45) is 5.92 Å². The van der Waals surface area contributed by atoms with Crippen LogP contribution in [0.25, 0.3) is 0 Å². The van der Waals surface area contributed by atoms with Crippen molar-refractivity contribution in [3.63, 3.8) is 0 Å². The van der Waals surface area contributed by atoms with E-state index in [9.17, 15) is 13.2 Å². The minimum atomic E-state index is -4.26. The van der Waals surface area contributed by atoms with Crippen LogP contribution in [-0.2, 0) is 6.18 Å². The van der Waals surface area contributed by atoms with E-state index >= 15 is 0 Å². The lowest BCUT2D eigenvalue weighted by molar-refractivity contribution is -0.137. The van der Waals surface area contributed by atoms with Gasteiger partial charge in [-0.05, 0) is 43.0 Å². The van der Waals surface area contributed by atoms with E-state index in [1.54, 1.807) is 6.07 Å². The summed E-state index contributed by atoms with van der Waals surface area (Å²) in [5.41, 5.74) is 0.182. The molecule has 1 nitrogen and oxygen atoms in total. The highest BCUT2D eigenvalue weighted by molar-refractivity contribution is 5.28. The molecule has 1 aromatic rings. The summed E-state index contributed by atoms with van der Waals surface area (Å²) >= 11 is 0. The molecule has 0 radical (unpaired) electrons. The predicted octanol–water partition coefficient (Wildman–Crippen LogP) is 3.77. The Bertz CT molecular complexity index is 386. The molecule has 94 valence electrons. The normalized spacial score (nSPS) is 25.9. The van der Waals surface area contributed by atoms with Crippen LogP contribution in [0, 0.1) is 5.92 Å². The summed E-state index contributed by atoms with van der Waals surface area (Å²) in [7, 11) is 0. The summed E-state index contributed by atoms with van der Waals surface area (Å²) in [5, 5.41) is 3.30. The monoisotopic (exact) mass is 243 g/mol. The van der Waals surface area contributed by atoms with Crippen LogP contribution in [0.4, 0.5) is 13.2 Å². The second-order valence-corrected chi connectivity index (χ2v) is 4.67. The Kier molecular flexibility index (Phi) is 3.43. The van der Waals surface area contributed by atoms with Crippen LogP contribution in [-0.4, -0.2) is 6.54 Å². The average molecular weight is 243 g/mol. The van der Waals surface area contributed by atoms with Crippen LogP contribution in [0.2, 0.25) is 0 Å². The van der Waals surface area contributed by atoms with Crippen molar-refractivity contribution in [2.75, 3.05) is 6.54 Å². The van der Waals surface area contributed by atoms with E-state index in [1.165, 1.54) is 12.1 Å². The number of halogens is 3. The van der Waals surface area contributed by atoms with Gasteiger partial charge >= 0.3 is 6.18 Å². The fourth-order valence-electron chi connectivity index (χ4n) is 2.40. The molecule has 2 rings (SSSR count). The molecule has 0 amide bonds. The summed E-state index contributed by atoms with van der Waals surface area (Å²) in [4.78, 5) is 0. The van der Waals surface area contributed by atoms with Gasteiger partial charge in [0.25, 0.3) is 0 Å². The number of benzene rings is 1. The van der Waals surface area contributed by atoms with Crippen molar-refractivity contribution in [3.8, 4) is 0 Å². The van der Waals surface area contributed by atoms with Gasteiger partial charge in [-0.2, -0.15) is 13.2 Å². The molecule has 0 saturated carbocycles. The fourth-order valence-corrected chi connectivity index (χ4v) is 2.40. The molecule has 1 aliphatic rings. The Hall–Kier alpha value is -1.03. The van der Waals surface area contributed by atoms with E-state index in [1.807, 2.05) is 0 Å². The first-order chi connectivity index (χ1) is 7.98. The lowest BCUT2D eigenvalue weighted by Gasteiger charge is -2.30. The molecule has 0 bridgehead atoms. The van der Waals surface area contributed by atoms with Crippen LogP contribution >= 0.6 is 0 Å². The molecule has 1 N–H and O–H groups in total. The van der Waals surface area contributed by atoms with Crippen LogP contribution in [0.5, 0.6) is 0 Å². The van der Waals surface area contributed by atoms with Crippen molar-refractivity contribution in [1.29, 1.82) is 0 Å². The SMILES string of the molecule is CC1CCCNC1c1cccc(C(F)(F)F)c1. The third-order valence-electron chi connectivity index (χ3n) is 3.34. The first-order valence-electron chi connectivity index (χ1n) is 5.89. The van der Waals surface area contributed by atoms with E-state index in [-0.39, 0.29) is 6.04 Å². The zero-order chi connectivity index (χ0) is 12.5. The molecule has 17 heavy (non-hydrogen) atoms. The van der Waals surface area contributed by atoms with Crippen LogP contribution in [0.3, 0.4) is 0 Å². The van der Waals surface area contributed by atoms with Crippen molar-refractivity contribution in [3.05, 3.63) is 35.4 Å². The zero-order valence-electron chi connectivity index (χ0n) is 9.72. The van der Waals surface area contributed by atoms with Crippen LogP contribution in [0.15, 0.2) is 24.3 Å². The summed E-state index contributed by atoms with van der Waals surface area (Å²) in [6.07, 6.45) is -2.10. The second kappa shape index (κ2) is 4.69. The van der Waals surface area contributed by atoms with Gasteiger partial charge in [0.05, 0.1) is 5.56 Å². The molecule has 1 saturated heterocycles. The third kappa shape index (κ3) is 2.80. The number of piperidine rings is 1. The average Bonchev–Trinajstić information content (AvgIpc) is 2.29. The fraction of sp³-hybridized carbons (Fsp3) is 0.538. The maximum Gasteiger partial charge on any atom is 0.416 e. The Labute approximate surface area is 99.0 Å². The summed E-state index contributed by atoms with van der Waals surface area (Å²) in [6, 6.07) is 5.69. The smallest absolute Gasteiger partial charge is 0.310 e. The van der Waals surface area contributed by atoms with Gasteiger partial charge in [0.2, 0.25) is 0 Å². The Morgan fingerprint density at radius 3 is 2.71 bits per heavy atom. The molecule has 1 aromatic carbocycles. The standard InChI is InChI=1S/C13H16F3N/c1-9-4-3-7-17-12(9)10-5-2-6-11(8-10)13(14,15)16/h2,5-6,8-9,12,17H,3-4,7H2,1H3. The summed E-state index contributed by atoms with van der Waals surface area (Å²) in [6.45, 7) is 2.96. The van der Waals surface area contributed by atoms with Crippen molar-refractivity contribution >= 4 is 0 Å². The zero-order valence-corrected chi connectivity index (χ0v) is 9.72. The topological polar surface area (TPSA) is 12.0 Å². The Morgan fingerprint density at radius 1 is 1.29 bits per heavy atom. The maximum atomic E-state index is 12.6.